The first-order valence-corrected chi connectivity index (χ1v) is 11.5. The lowest BCUT2D eigenvalue weighted by Gasteiger charge is -2.33. The van der Waals surface area contributed by atoms with Crippen molar-refractivity contribution in [2.45, 2.75) is 76.0 Å². The van der Waals surface area contributed by atoms with Gasteiger partial charge in [-0.05, 0) is 50.1 Å². The fourth-order valence-corrected chi connectivity index (χ4v) is 5.56. The SMILES string of the molecule is c1ccc(Cn2cc(C3CCC4NNC(NCC5CCCCC5)C4C3)nn2)cc1. The normalized spacial score (nSPS) is 30.3. The topological polar surface area (TPSA) is 66.8 Å². The third kappa shape index (κ3) is 4.55. The minimum Gasteiger partial charge on any atom is -0.300 e. The van der Waals surface area contributed by atoms with Gasteiger partial charge in [-0.1, -0.05) is 54.8 Å². The molecule has 6 nitrogen and oxygen atoms in total. The van der Waals surface area contributed by atoms with Crippen LogP contribution in [0.15, 0.2) is 36.5 Å². The molecule has 6 heteroatoms. The predicted octanol–water partition coefficient (Wildman–Crippen LogP) is 3.18. The van der Waals surface area contributed by atoms with Crippen LogP contribution in [0.1, 0.15) is 68.5 Å². The van der Waals surface area contributed by atoms with Gasteiger partial charge in [0.15, 0.2) is 0 Å². The van der Waals surface area contributed by atoms with Crippen molar-refractivity contribution in [1.29, 1.82) is 0 Å². The second kappa shape index (κ2) is 8.94. The maximum Gasteiger partial charge on any atom is 0.0858 e. The fraction of sp³-hybridized carbons (Fsp3) is 0.652. The highest BCUT2D eigenvalue weighted by atomic mass is 15.5. The van der Waals surface area contributed by atoms with Gasteiger partial charge >= 0.3 is 0 Å². The van der Waals surface area contributed by atoms with E-state index in [0.717, 1.165) is 24.7 Å². The molecule has 1 aromatic heterocycles. The Kier molecular flexibility index (Phi) is 5.92. The summed E-state index contributed by atoms with van der Waals surface area (Å²) in [5.41, 5.74) is 9.53. The van der Waals surface area contributed by atoms with E-state index in [9.17, 15) is 0 Å². The summed E-state index contributed by atoms with van der Waals surface area (Å²) in [6.07, 6.45) is 13.2. The lowest BCUT2D eigenvalue weighted by Crippen LogP contribution is -2.46. The van der Waals surface area contributed by atoms with Crippen molar-refractivity contribution in [3.63, 3.8) is 0 Å². The van der Waals surface area contributed by atoms with E-state index in [0.29, 0.717) is 24.0 Å². The third-order valence-electron chi connectivity index (χ3n) is 7.27. The molecule has 0 bridgehead atoms. The summed E-state index contributed by atoms with van der Waals surface area (Å²) in [4.78, 5) is 0. The van der Waals surface area contributed by atoms with E-state index in [4.69, 9.17) is 0 Å². The molecule has 3 fully saturated rings. The summed E-state index contributed by atoms with van der Waals surface area (Å²) in [5.74, 6) is 2.00. The van der Waals surface area contributed by atoms with E-state index in [-0.39, 0.29) is 0 Å². The summed E-state index contributed by atoms with van der Waals surface area (Å²) < 4.78 is 1.99. The van der Waals surface area contributed by atoms with Crippen LogP contribution in [0.2, 0.25) is 0 Å². The van der Waals surface area contributed by atoms with E-state index in [1.54, 1.807) is 0 Å². The molecular formula is C23H34N6. The standard InChI is InChI=1S/C23H34N6/c1-3-7-17(8-4-1)14-24-23-20-13-19(11-12-21(20)25-27-23)22-16-29(28-26-22)15-18-9-5-2-6-10-18/h2,5-6,9-10,16-17,19-21,23-25,27H,1,3-4,7-8,11-15H2. The number of hydrogen-bond donors (Lipinski definition) is 3. The molecule has 0 spiro atoms. The highest BCUT2D eigenvalue weighted by Gasteiger charge is 2.41. The second-order valence-corrected chi connectivity index (χ2v) is 9.29. The van der Waals surface area contributed by atoms with Crippen molar-refractivity contribution in [3.05, 3.63) is 47.8 Å². The third-order valence-corrected chi connectivity index (χ3v) is 7.27. The van der Waals surface area contributed by atoms with Crippen LogP contribution >= 0.6 is 0 Å². The van der Waals surface area contributed by atoms with Gasteiger partial charge < -0.3 is 5.32 Å². The van der Waals surface area contributed by atoms with Gasteiger partial charge in [0, 0.05) is 24.1 Å². The van der Waals surface area contributed by atoms with E-state index in [1.165, 1.54) is 56.9 Å². The molecular weight excluding hydrogens is 360 g/mol. The summed E-state index contributed by atoms with van der Waals surface area (Å²) >= 11 is 0. The maximum absolute atomic E-state index is 4.55. The minimum absolute atomic E-state index is 0.379. The van der Waals surface area contributed by atoms with Crippen LogP contribution in [0, 0.1) is 11.8 Å². The molecule has 1 saturated heterocycles. The van der Waals surface area contributed by atoms with Gasteiger partial charge in [-0.3, -0.25) is 5.43 Å². The van der Waals surface area contributed by atoms with Gasteiger partial charge in [-0.15, -0.1) is 5.10 Å². The molecule has 0 amide bonds. The summed E-state index contributed by atoms with van der Waals surface area (Å²) in [7, 11) is 0. The smallest absolute Gasteiger partial charge is 0.0858 e. The highest BCUT2D eigenvalue weighted by Crippen LogP contribution is 2.38. The first kappa shape index (κ1) is 19.2. The number of hydrazine groups is 1. The van der Waals surface area contributed by atoms with E-state index < -0.39 is 0 Å². The van der Waals surface area contributed by atoms with Crippen LogP contribution in [0.25, 0.3) is 0 Å². The Morgan fingerprint density at radius 1 is 1.00 bits per heavy atom. The molecule has 3 N–H and O–H groups in total. The predicted molar refractivity (Wildman–Crippen MR) is 114 cm³/mol. The number of rotatable bonds is 6. The largest absolute Gasteiger partial charge is 0.300 e. The molecule has 1 aromatic carbocycles. The lowest BCUT2D eigenvalue weighted by molar-refractivity contribution is 0.240. The molecule has 2 aliphatic carbocycles. The Labute approximate surface area is 173 Å². The summed E-state index contributed by atoms with van der Waals surface area (Å²) in [6, 6.07) is 11.1. The molecule has 29 heavy (non-hydrogen) atoms. The summed E-state index contributed by atoms with van der Waals surface area (Å²) in [5, 5.41) is 12.8. The first-order chi connectivity index (χ1) is 14.3. The van der Waals surface area contributed by atoms with Crippen LogP contribution < -0.4 is 16.2 Å². The van der Waals surface area contributed by atoms with E-state index >= 15 is 0 Å². The number of benzene rings is 1. The van der Waals surface area contributed by atoms with E-state index in [2.05, 4.69) is 63.0 Å². The van der Waals surface area contributed by atoms with Gasteiger partial charge in [0.05, 0.1) is 18.4 Å². The van der Waals surface area contributed by atoms with Gasteiger partial charge in [-0.25, -0.2) is 10.1 Å². The molecule has 5 rings (SSSR count). The van der Waals surface area contributed by atoms with Crippen LogP contribution in [-0.4, -0.2) is 33.7 Å². The molecule has 1 aliphatic heterocycles. The average molecular weight is 395 g/mol. The van der Waals surface area contributed by atoms with E-state index in [1.807, 2.05) is 4.68 Å². The van der Waals surface area contributed by atoms with Gasteiger partial charge in [0.1, 0.15) is 0 Å². The lowest BCUT2D eigenvalue weighted by atomic mass is 9.76. The average Bonchev–Trinajstić information content (AvgIpc) is 3.40. The van der Waals surface area contributed by atoms with Crippen LogP contribution in [0.5, 0.6) is 0 Å². The van der Waals surface area contributed by atoms with Gasteiger partial charge in [-0.2, -0.15) is 0 Å². The Balaban J connectivity index is 1.18. The Hall–Kier alpha value is -1.76. The second-order valence-electron chi connectivity index (χ2n) is 9.29. The van der Waals surface area contributed by atoms with Gasteiger partial charge in [0.25, 0.3) is 0 Å². The number of fused-ring (bicyclic) bond motifs is 1. The van der Waals surface area contributed by atoms with Crippen LogP contribution in [-0.2, 0) is 6.54 Å². The monoisotopic (exact) mass is 394 g/mol. The number of hydrogen-bond acceptors (Lipinski definition) is 5. The van der Waals surface area contributed by atoms with Crippen molar-refractivity contribution in [2.75, 3.05) is 6.54 Å². The molecule has 0 radical (unpaired) electrons. The quantitative estimate of drug-likeness (QED) is 0.702. The zero-order valence-electron chi connectivity index (χ0n) is 17.3. The molecule has 4 unspecified atom stereocenters. The molecule has 2 aromatic rings. The highest BCUT2D eigenvalue weighted by molar-refractivity contribution is 5.15. The first-order valence-electron chi connectivity index (χ1n) is 11.5. The van der Waals surface area contributed by atoms with Crippen molar-refractivity contribution >= 4 is 0 Å². The minimum atomic E-state index is 0.379. The van der Waals surface area contributed by atoms with Crippen LogP contribution in [0.3, 0.4) is 0 Å². The number of nitrogens with zero attached hydrogens (tertiary/aromatic N) is 3. The molecule has 4 atom stereocenters. The molecule has 2 saturated carbocycles. The Bertz CT molecular complexity index is 769. The molecule has 2 heterocycles. The van der Waals surface area contributed by atoms with Crippen molar-refractivity contribution in [1.82, 2.24) is 31.2 Å². The van der Waals surface area contributed by atoms with Crippen LogP contribution in [0.4, 0.5) is 0 Å². The molecule has 3 aliphatic rings. The maximum atomic E-state index is 4.55. The zero-order chi connectivity index (χ0) is 19.5. The number of nitrogens with one attached hydrogen (secondary N) is 3. The number of aromatic nitrogens is 3. The zero-order valence-corrected chi connectivity index (χ0v) is 17.3. The fourth-order valence-electron chi connectivity index (χ4n) is 5.56. The Morgan fingerprint density at radius 3 is 2.72 bits per heavy atom. The van der Waals surface area contributed by atoms with Crippen molar-refractivity contribution in [2.24, 2.45) is 11.8 Å². The molecule has 156 valence electrons. The van der Waals surface area contributed by atoms with Crippen molar-refractivity contribution < 1.29 is 0 Å². The van der Waals surface area contributed by atoms with Gasteiger partial charge in [0.2, 0.25) is 0 Å². The summed E-state index contributed by atoms with van der Waals surface area (Å²) in [6.45, 7) is 1.95. The van der Waals surface area contributed by atoms with Crippen molar-refractivity contribution in [3.8, 4) is 0 Å². The Morgan fingerprint density at radius 2 is 1.86 bits per heavy atom.